The number of carbonyl (C=O) groups excluding carboxylic acids is 1. The first-order valence-corrected chi connectivity index (χ1v) is 7.26. The zero-order valence-electron chi connectivity index (χ0n) is 12.6. The molecule has 4 nitrogen and oxygen atoms in total. The number of carbonyl (C=O) groups is 1. The molecule has 114 valence electrons. The lowest BCUT2D eigenvalue weighted by atomic mass is 9.87. The van der Waals surface area contributed by atoms with Crippen molar-refractivity contribution in [1.29, 1.82) is 0 Å². The van der Waals surface area contributed by atoms with Gasteiger partial charge in [-0.25, -0.2) is 9.82 Å². The number of amides is 1. The Morgan fingerprint density at radius 1 is 1.09 bits per heavy atom. The van der Waals surface area contributed by atoms with Crippen LogP contribution in [0.3, 0.4) is 0 Å². The highest BCUT2D eigenvalue weighted by Crippen LogP contribution is 2.27. The fourth-order valence-electron chi connectivity index (χ4n) is 2.29. The molecule has 0 bridgehead atoms. The van der Waals surface area contributed by atoms with Crippen molar-refractivity contribution in [2.24, 2.45) is 5.10 Å². The summed E-state index contributed by atoms with van der Waals surface area (Å²) in [7, 11) is 0. The van der Waals surface area contributed by atoms with Crippen molar-refractivity contribution in [3.05, 3.63) is 65.7 Å². The van der Waals surface area contributed by atoms with Gasteiger partial charge in [0.1, 0.15) is 5.82 Å². The lowest BCUT2D eigenvalue weighted by molar-refractivity contribution is -0.121. The van der Waals surface area contributed by atoms with Gasteiger partial charge in [-0.15, -0.1) is 0 Å². The summed E-state index contributed by atoms with van der Waals surface area (Å²) in [6.07, 6.45) is 3.69. The lowest BCUT2D eigenvalue weighted by Gasteiger charge is -2.23. The van der Waals surface area contributed by atoms with E-state index < -0.39 is 0 Å². The summed E-state index contributed by atoms with van der Waals surface area (Å²) < 4.78 is 13.0. The molecule has 1 atom stereocenters. The molecule has 1 amide bonds. The van der Waals surface area contributed by atoms with Crippen LogP contribution in [0.1, 0.15) is 37.3 Å². The summed E-state index contributed by atoms with van der Waals surface area (Å²) in [6.45, 7) is 4.00. The Hall–Kier alpha value is -2.56. The number of nitrogens with one attached hydrogen (secondary N) is 1. The van der Waals surface area contributed by atoms with Crippen molar-refractivity contribution in [3.63, 3.8) is 0 Å². The number of pyridine rings is 1. The van der Waals surface area contributed by atoms with Crippen LogP contribution in [0, 0.1) is 5.82 Å². The predicted molar refractivity (Wildman–Crippen MR) is 84.0 cm³/mol. The van der Waals surface area contributed by atoms with E-state index in [4.69, 9.17) is 0 Å². The molecule has 3 rings (SSSR count). The lowest BCUT2D eigenvalue weighted by Crippen LogP contribution is -2.32. The second kappa shape index (κ2) is 7.45. The molecule has 1 aromatic heterocycles. The minimum Gasteiger partial charge on any atom is -0.273 e. The molecule has 1 aliphatic heterocycles. The molecular weight excluding hydrogens is 281 g/mol. The van der Waals surface area contributed by atoms with Gasteiger partial charge in [-0.2, -0.15) is 5.10 Å². The topological polar surface area (TPSA) is 54.4 Å². The van der Waals surface area contributed by atoms with Crippen molar-refractivity contribution < 1.29 is 9.18 Å². The number of hydrogen-bond donors (Lipinski definition) is 1. The molecule has 0 aliphatic carbocycles. The molecule has 0 spiro atoms. The number of rotatable bonds is 2. The van der Waals surface area contributed by atoms with E-state index in [-0.39, 0.29) is 17.6 Å². The maximum atomic E-state index is 13.0. The number of benzene rings is 1. The Kier molecular flexibility index (Phi) is 5.36. The highest BCUT2D eigenvalue weighted by Gasteiger charge is 2.26. The van der Waals surface area contributed by atoms with E-state index in [0.29, 0.717) is 6.42 Å². The van der Waals surface area contributed by atoms with Crippen LogP contribution in [-0.4, -0.2) is 16.6 Å². The molecule has 22 heavy (non-hydrogen) atoms. The van der Waals surface area contributed by atoms with E-state index in [2.05, 4.69) is 15.5 Å². The average Bonchev–Trinajstić information content (AvgIpc) is 2.58. The van der Waals surface area contributed by atoms with Gasteiger partial charge in [0.25, 0.3) is 0 Å². The molecule has 0 saturated heterocycles. The summed E-state index contributed by atoms with van der Waals surface area (Å²) in [5, 5.41) is 4.14. The first kappa shape index (κ1) is 15.8. The molecule has 0 fully saturated rings. The Labute approximate surface area is 129 Å². The Morgan fingerprint density at radius 3 is 2.36 bits per heavy atom. The molecule has 2 aromatic rings. The molecule has 0 radical (unpaired) electrons. The summed E-state index contributed by atoms with van der Waals surface area (Å²) in [4.78, 5) is 15.6. The standard InChI is InChI=1S/C15H12FN3O.C2H6/c16-12-3-1-11(2-4-12)15-13(9-14(20)18-19-15)10-5-7-17-8-6-10;1-2/h1-8,13H,9H2,(H,18,20);1-2H3. The van der Waals surface area contributed by atoms with Crippen LogP contribution < -0.4 is 5.43 Å². The molecule has 1 aromatic carbocycles. The number of aromatic nitrogens is 1. The summed E-state index contributed by atoms with van der Waals surface area (Å²) in [5.41, 5.74) is 4.99. The summed E-state index contributed by atoms with van der Waals surface area (Å²) in [5.74, 6) is -0.565. The van der Waals surface area contributed by atoms with E-state index in [0.717, 1.165) is 16.8 Å². The van der Waals surface area contributed by atoms with Gasteiger partial charge in [0, 0.05) is 24.7 Å². The number of halogens is 1. The van der Waals surface area contributed by atoms with Crippen LogP contribution in [0.2, 0.25) is 0 Å². The van der Waals surface area contributed by atoms with Crippen LogP contribution in [-0.2, 0) is 4.79 Å². The molecule has 1 unspecified atom stereocenters. The maximum absolute atomic E-state index is 13.0. The van der Waals surface area contributed by atoms with Crippen molar-refractivity contribution in [1.82, 2.24) is 10.4 Å². The van der Waals surface area contributed by atoms with Crippen molar-refractivity contribution >= 4 is 11.6 Å². The minimum atomic E-state index is -0.297. The van der Waals surface area contributed by atoms with Gasteiger partial charge in [0.05, 0.1) is 5.71 Å². The van der Waals surface area contributed by atoms with Gasteiger partial charge < -0.3 is 0 Å². The van der Waals surface area contributed by atoms with Crippen molar-refractivity contribution in [3.8, 4) is 0 Å². The van der Waals surface area contributed by atoms with E-state index in [9.17, 15) is 9.18 Å². The third kappa shape index (κ3) is 3.55. The van der Waals surface area contributed by atoms with E-state index >= 15 is 0 Å². The van der Waals surface area contributed by atoms with Crippen LogP contribution in [0.25, 0.3) is 0 Å². The van der Waals surface area contributed by atoms with Gasteiger partial charge >= 0.3 is 0 Å². The SMILES string of the molecule is CC.O=C1CC(c2ccncc2)C(c2ccc(F)cc2)=NN1. The first-order chi connectivity index (χ1) is 10.7. The Balaban J connectivity index is 0.000000847. The molecule has 1 N–H and O–H groups in total. The zero-order valence-corrected chi connectivity index (χ0v) is 12.6. The molecule has 1 aliphatic rings. The fourth-order valence-corrected chi connectivity index (χ4v) is 2.29. The second-order valence-electron chi connectivity index (χ2n) is 4.58. The van der Waals surface area contributed by atoms with E-state index in [1.165, 1.54) is 12.1 Å². The summed E-state index contributed by atoms with van der Waals surface area (Å²) >= 11 is 0. The van der Waals surface area contributed by atoms with Gasteiger partial charge in [0.2, 0.25) is 5.91 Å². The molecule has 5 heteroatoms. The van der Waals surface area contributed by atoms with E-state index in [1.54, 1.807) is 24.5 Å². The second-order valence-corrected chi connectivity index (χ2v) is 4.58. The Bertz CT molecular complexity index is 653. The summed E-state index contributed by atoms with van der Waals surface area (Å²) in [6, 6.07) is 9.83. The third-order valence-corrected chi connectivity index (χ3v) is 3.27. The van der Waals surface area contributed by atoms with Crippen LogP contribution >= 0.6 is 0 Å². The van der Waals surface area contributed by atoms with Crippen molar-refractivity contribution in [2.75, 3.05) is 0 Å². The third-order valence-electron chi connectivity index (χ3n) is 3.27. The number of nitrogens with zero attached hydrogens (tertiary/aromatic N) is 2. The monoisotopic (exact) mass is 299 g/mol. The quantitative estimate of drug-likeness (QED) is 0.925. The van der Waals surface area contributed by atoms with Gasteiger partial charge in [0.15, 0.2) is 0 Å². The molecule has 0 saturated carbocycles. The van der Waals surface area contributed by atoms with Crippen LogP contribution in [0.5, 0.6) is 0 Å². The molecule has 2 heterocycles. The van der Waals surface area contributed by atoms with Gasteiger partial charge in [-0.05, 0) is 35.4 Å². The Morgan fingerprint density at radius 2 is 1.73 bits per heavy atom. The first-order valence-electron chi connectivity index (χ1n) is 7.26. The van der Waals surface area contributed by atoms with Crippen molar-refractivity contribution in [2.45, 2.75) is 26.2 Å². The zero-order chi connectivity index (χ0) is 15.9. The van der Waals surface area contributed by atoms with Crippen LogP contribution in [0.4, 0.5) is 4.39 Å². The van der Waals surface area contributed by atoms with Gasteiger partial charge in [-0.1, -0.05) is 26.0 Å². The number of hydrazone groups is 1. The minimum absolute atomic E-state index is 0.127. The predicted octanol–water partition coefficient (Wildman–Crippen LogP) is 3.25. The van der Waals surface area contributed by atoms with Crippen LogP contribution in [0.15, 0.2) is 53.9 Å². The van der Waals surface area contributed by atoms with Gasteiger partial charge in [-0.3, -0.25) is 9.78 Å². The van der Waals surface area contributed by atoms with E-state index in [1.807, 2.05) is 26.0 Å². The fraction of sp³-hybridized carbons (Fsp3) is 0.235. The normalized spacial score (nSPS) is 17.0. The molecular formula is C17H18FN3O. The highest BCUT2D eigenvalue weighted by molar-refractivity contribution is 6.08. The largest absolute Gasteiger partial charge is 0.273 e. The highest BCUT2D eigenvalue weighted by atomic mass is 19.1. The smallest absolute Gasteiger partial charge is 0.241 e. The average molecular weight is 299 g/mol. The maximum Gasteiger partial charge on any atom is 0.241 e. The number of hydrogen-bond acceptors (Lipinski definition) is 3.